The van der Waals surface area contributed by atoms with E-state index in [2.05, 4.69) is 5.32 Å². The molecule has 0 spiro atoms. The minimum Gasteiger partial charge on any atom is -0.481 e. The molecule has 148 valence electrons. The molecule has 0 saturated heterocycles. The monoisotopic (exact) mass is 424 g/mol. The molecule has 7 nitrogen and oxygen atoms in total. The molecule has 0 aliphatic carbocycles. The van der Waals surface area contributed by atoms with Crippen molar-refractivity contribution in [3.8, 4) is 0 Å². The van der Waals surface area contributed by atoms with E-state index in [9.17, 15) is 24.2 Å². The van der Waals surface area contributed by atoms with Crippen LogP contribution in [-0.2, 0) is 14.2 Å². The van der Waals surface area contributed by atoms with Crippen LogP contribution in [0.2, 0.25) is 5.02 Å². The standard InChI is InChI=1S/C19H19ClNO6P/c20-13-6-8-14(9-7-13)21-17(12-4-2-1-3-5-12)18(28(26)27)15(19(24)25)10-11-16(22)23/h1-9,15,17-18,21H,10-11H2,(H2-,22,23,24,25,26,27)/p+1. The lowest BCUT2D eigenvalue weighted by Gasteiger charge is -2.25. The Morgan fingerprint density at radius 1 is 1.04 bits per heavy atom. The number of anilines is 1. The zero-order chi connectivity index (χ0) is 20.7. The molecular formula is C19H20ClNO6P+. The Bertz CT molecular complexity index is 830. The lowest BCUT2D eigenvalue weighted by Crippen LogP contribution is -2.35. The van der Waals surface area contributed by atoms with Crippen molar-refractivity contribution in [3.05, 3.63) is 65.2 Å². The second-order valence-electron chi connectivity index (χ2n) is 6.21. The topological polar surface area (TPSA) is 124 Å². The zero-order valence-corrected chi connectivity index (χ0v) is 16.4. The molecule has 0 aromatic heterocycles. The lowest BCUT2D eigenvalue weighted by atomic mass is 9.90. The van der Waals surface area contributed by atoms with Crippen LogP contribution in [0.5, 0.6) is 0 Å². The van der Waals surface area contributed by atoms with Crippen LogP contribution in [0.4, 0.5) is 5.69 Å². The Morgan fingerprint density at radius 2 is 1.64 bits per heavy atom. The number of benzene rings is 2. The van der Waals surface area contributed by atoms with E-state index in [0.29, 0.717) is 16.3 Å². The van der Waals surface area contributed by atoms with Crippen molar-refractivity contribution in [2.24, 2.45) is 5.92 Å². The molecule has 4 unspecified atom stereocenters. The van der Waals surface area contributed by atoms with Gasteiger partial charge in [0.05, 0.1) is 0 Å². The molecule has 0 radical (unpaired) electrons. The maximum absolute atomic E-state index is 12.2. The number of carboxylic acid groups (broad SMARTS) is 2. The van der Waals surface area contributed by atoms with Gasteiger partial charge in [-0.2, -0.15) is 4.89 Å². The van der Waals surface area contributed by atoms with E-state index in [1.165, 1.54) is 0 Å². The normalized spacial score (nSPS) is 14.6. The largest absolute Gasteiger partial charge is 0.512 e. The molecule has 0 amide bonds. The highest BCUT2D eigenvalue weighted by Gasteiger charge is 2.48. The Balaban J connectivity index is 2.46. The smallest absolute Gasteiger partial charge is 0.481 e. The number of nitrogens with one attached hydrogen (secondary N) is 1. The Morgan fingerprint density at radius 3 is 2.14 bits per heavy atom. The number of carboxylic acids is 2. The highest BCUT2D eigenvalue weighted by atomic mass is 35.5. The highest BCUT2D eigenvalue weighted by Crippen LogP contribution is 2.42. The number of hydrogen-bond donors (Lipinski definition) is 4. The van der Waals surface area contributed by atoms with Gasteiger partial charge in [-0.25, -0.2) is 0 Å². The van der Waals surface area contributed by atoms with E-state index >= 15 is 0 Å². The van der Waals surface area contributed by atoms with E-state index in [0.717, 1.165) is 0 Å². The van der Waals surface area contributed by atoms with Crippen LogP contribution < -0.4 is 5.32 Å². The quantitative estimate of drug-likeness (QED) is 0.422. The van der Waals surface area contributed by atoms with Gasteiger partial charge in [0.25, 0.3) is 0 Å². The molecule has 0 aliphatic rings. The number of rotatable bonds is 10. The van der Waals surface area contributed by atoms with Crippen LogP contribution in [0.3, 0.4) is 0 Å². The first-order chi connectivity index (χ1) is 13.3. The third kappa shape index (κ3) is 6.02. The number of carbonyl (C=O) groups is 2. The molecule has 2 aromatic carbocycles. The molecule has 0 bridgehead atoms. The second-order valence-corrected chi connectivity index (χ2v) is 7.85. The third-order valence-corrected chi connectivity index (χ3v) is 5.74. The van der Waals surface area contributed by atoms with Crippen molar-refractivity contribution in [2.45, 2.75) is 24.5 Å². The fourth-order valence-corrected chi connectivity index (χ4v) is 4.20. The summed E-state index contributed by atoms with van der Waals surface area (Å²) in [6.45, 7) is 0. The molecule has 4 N–H and O–H groups in total. The van der Waals surface area contributed by atoms with Crippen LogP contribution in [0.25, 0.3) is 0 Å². The summed E-state index contributed by atoms with van der Waals surface area (Å²) in [4.78, 5) is 32.7. The van der Waals surface area contributed by atoms with E-state index in [4.69, 9.17) is 16.7 Å². The van der Waals surface area contributed by atoms with E-state index in [1.54, 1.807) is 54.6 Å². The average Bonchev–Trinajstić information content (AvgIpc) is 2.65. The first-order valence-corrected chi connectivity index (χ1v) is 10.1. The molecule has 2 aromatic rings. The van der Waals surface area contributed by atoms with Crippen molar-refractivity contribution in [1.82, 2.24) is 0 Å². The van der Waals surface area contributed by atoms with Gasteiger partial charge in [-0.1, -0.05) is 41.9 Å². The summed E-state index contributed by atoms with van der Waals surface area (Å²) < 4.78 is 12.2. The number of aliphatic carboxylic acids is 2. The zero-order valence-electron chi connectivity index (χ0n) is 14.7. The average molecular weight is 425 g/mol. The Labute approximate surface area is 167 Å². The van der Waals surface area contributed by atoms with Crippen molar-refractivity contribution in [1.29, 1.82) is 0 Å². The fraction of sp³-hybridized carbons (Fsp3) is 0.263. The van der Waals surface area contributed by atoms with Gasteiger partial charge >= 0.3 is 20.0 Å². The first-order valence-electron chi connectivity index (χ1n) is 8.46. The van der Waals surface area contributed by atoms with Crippen molar-refractivity contribution in [2.75, 3.05) is 5.32 Å². The molecule has 0 aliphatic heterocycles. The molecule has 28 heavy (non-hydrogen) atoms. The van der Waals surface area contributed by atoms with E-state index in [1.807, 2.05) is 0 Å². The van der Waals surface area contributed by atoms with Crippen molar-refractivity contribution >= 4 is 37.3 Å². The predicted octanol–water partition coefficient (Wildman–Crippen LogP) is 4.16. The summed E-state index contributed by atoms with van der Waals surface area (Å²) in [5.74, 6) is -3.81. The van der Waals surface area contributed by atoms with Gasteiger partial charge < -0.3 is 15.5 Å². The lowest BCUT2D eigenvalue weighted by molar-refractivity contribution is -0.143. The Hall–Kier alpha value is -2.47. The van der Waals surface area contributed by atoms with Crippen LogP contribution in [0.15, 0.2) is 54.6 Å². The van der Waals surface area contributed by atoms with Gasteiger partial charge in [0.1, 0.15) is 12.0 Å². The van der Waals surface area contributed by atoms with Crippen LogP contribution in [-0.4, -0.2) is 32.7 Å². The summed E-state index contributed by atoms with van der Waals surface area (Å²) in [6.07, 6.45) is -0.679. The minimum atomic E-state index is -2.94. The summed E-state index contributed by atoms with van der Waals surface area (Å²) in [7, 11) is -2.94. The van der Waals surface area contributed by atoms with Gasteiger partial charge in [-0.05, 0) is 40.8 Å². The SMILES string of the molecule is O=C(O)CCC(C(=O)O)C(C(Nc1ccc(Cl)cc1)c1ccccc1)[P+](=O)O. The molecule has 4 atom stereocenters. The minimum absolute atomic E-state index is 0.261. The third-order valence-electron chi connectivity index (χ3n) is 4.32. The van der Waals surface area contributed by atoms with Crippen molar-refractivity contribution < 1.29 is 29.3 Å². The van der Waals surface area contributed by atoms with E-state index in [-0.39, 0.29) is 6.42 Å². The fourth-order valence-electron chi connectivity index (χ4n) is 2.98. The number of halogens is 1. The van der Waals surface area contributed by atoms with Crippen molar-refractivity contribution in [3.63, 3.8) is 0 Å². The molecule has 9 heteroatoms. The summed E-state index contributed by atoms with van der Waals surface area (Å²) in [5, 5.41) is 22.2. The summed E-state index contributed by atoms with van der Waals surface area (Å²) in [5.41, 5.74) is -0.0474. The first kappa shape index (κ1) is 21.8. The predicted molar refractivity (Wildman–Crippen MR) is 106 cm³/mol. The van der Waals surface area contributed by atoms with Gasteiger partial charge in [-0.3, -0.25) is 9.59 Å². The molecule has 2 rings (SSSR count). The van der Waals surface area contributed by atoms with Gasteiger partial charge in [0, 0.05) is 17.1 Å². The molecule has 0 heterocycles. The Kier molecular flexibility index (Phi) is 7.93. The van der Waals surface area contributed by atoms with Gasteiger partial charge in [-0.15, -0.1) is 0 Å². The summed E-state index contributed by atoms with van der Waals surface area (Å²) >= 11 is 5.89. The second kappa shape index (κ2) is 10.2. The highest BCUT2D eigenvalue weighted by molar-refractivity contribution is 7.39. The van der Waals surface area contributed by atoms with Crippen LogP contribution in [0.1, 0.15) is 24.4 Å². The maximum Gasteiger partial charge on any atom is 0.512 e. The molecule has 0 fully saturated rings. The van der Waals surface area contributed by atoms with Crippen LogP contribution in [0, 0.1) is 5.92 Å². The van der Waals surface area contributed by atoms with Crippen LogP contribution >= 0.6 is 19.6 Å². The maximum atomic E-state index is 12.2. The summed E-state index contributed by atoms with van der Waals surface area (Å²) in [6, 6.07) is 14.5. The molecular weight excluding hydrogens is 405 g/mol. The number of hydrogen-bond acceptors (Lipinski definition) is 4. The molecule has 0 saturated carbocycles. The van der Waals surface area contributed by atoms with E-state index < -0.39 is 44.0 Å². The van der Waals surface area contributed by atoms with Gasteiger partial charge in [0.2, 0.25) is 5.66 Å². The van der Waals surface area contributed by atoms with Gasteiger partial charge in [0.15, 0.2) is 0 Å².